The highest BCUT2D eigenvalue weighted by molar-refractivity contribution is 8.08. The summed E-state index contributed by atoms with van der Waals surface area (Å²) in [4.78, 5) is 0. The summed E-state index contributed by atoms with van der Waals surface area (Å²) in [6.45, 7) is 2.15. The highest BCUT2D eigenvalue weighted by Gasteiger charge is 2.56. The molecule has 1 heterocycles. The van der Waals surface area contributed by atoms with Crippen LogP contribution in [0.4, 0.5) is 0 Å². The molecule has 0 bridgehead atoms. The number of hydrogen-bond donors (Lipinski definition) is 0. The molecule has 1 fully saturated rings. The average molecular weight is 290 g/mol. The van der Waals surface area contributed by atoms with Crippen molar-refractivity contribution in [3.05, 3.63) is 89.0 Å². The van der Waals surface area contributed by atoms with Crippen molar-refractivity contribution >= 4 is 17.8 Å². The van der Waals surface area contributed by atoms with Gasteiger partial charge in [-0.15, -0.1) is 11.8 Å². The Morgan fingerprint density at radius 1 is 1.05 bits per heavy atom. The minimum Gasteiger partial charge on any atom is -0.139 e. The van der Waals surface area contributed by atoms with E-state index in [1.165, 1.54) is 28.7 Å². The lowest BCUT2D eigenvalue weighted by atomic mass is 9.86. The summed E-state index contributed by atoms with van der Waals surface area (Å²) >= 11 is 2.09. The zero-order valence-electron chi connectivity index (χ0n) is 12.1. The van der Waals surface area contributed by atoms with Gasteiger partial charge in [0.05, 0.1) is 4.75 Å². The van der Waals surface area contributed by atoms with Gasteiger partial charge in [0, 0.05) is 5.25 Å². The quantitative estimate of drug-likeness (QED) is 0.672. The lowest BCUT2D eigenvalue weighted by Gasteiger charge is -2.17. The van der Waals surface area contributed by atoms with Gasteiger partial charge in [0.1, 0.15) is 0 Å². The van der Waals surface area contributed by atoms with Crippen molar-refractivity contribution < 1.29 is 0 Å². The highest BCUT2D eigenvalue weighted by atomic mass is 32.2. The molecule has 104 valence electrons. The molecule has 2 aromatic rings. The fraction of sp³-hybridized carbons (Fsp3) is 0.200. The van der Waals surface area contributed by atoms with Crippen LogP contribution in [0.2, 0.25) is 0 Å². The van der Waals surface area contributed by atoms with Gasteiger partial charge in [-0.1, -0.05) is 78.4 Å². The van der Waals surface area contributed by atoms with E-state index in [1.807, 2.05) is 0 Å². The fourth-order valence-corrected chi connectivity index (χ4v) is 4.48. The Labute approximate surface area is 130 Å². The van der Waals surface area contributed by atoms with Crippen LogP contribution in [0, 0.1) is 6.92 Å². The second-order valence-corrected chi connectivity index (χ2v) is 7.41. The van der Waals surface area contributed by atoms with Crippen LogP contribution in [0.25, 0.3) is 6.08 Å². The van der Waals surface area contributed by atoms with Gasteiger partial charge in [0.15, 0.2) is 0 Å². The van der Waals surface area contributed by atoms with E-state index in [9.17, 15) is 0 Å². The van der Waals surface area contributed by atoms with Gasteiger partial charge in [0.25, 0.3) is 0 Å². The van der Waals surface area contributed by atoms with E-state index >= 15 is 0 Å². The third kappa shape index (κ3) is 2.36. The Morgan fingerprint density at radius 2 is 1.81 bits per heavy atom. The Bertz CT molecular complexity index is 709. The summed E-state index contributed by atoms with van der Waals surface area (Å²) in [6.07, 6.45) is 8.22. The van der Waals surface area contributed by atoms with E-state index in [0.717, 1.165) is 0 Å². The average Bonchev–Trinajstić information content (AvgIpc) is 3.24. The number of allylic oxidation sites excluding steroid dienone is 2. The third-order valence-electron chi connectivity index (χ3n) is 4.38. The molecule has 21 heavy (non-hydrogen) atoms. The molecule has 0 aromatic heterocycles. The van der Waals surface area contributed by atoms with Crippen LogP contribution < -0.4 is 0 Å². The SMILES string of the molecule is Cc1ccc(C23C=CC(=Cc4ccccc4)CC2S3)cc1. The Morgan fingerprint density at radius 3 is 2.52 bits per heavy atom. The van der Waals surface area contributed by atoms with Crippen molar-refractivity contribution in [2.45, 2.75) is 23.3 Å². The van der Waals surface area contributed by atoms with Crippen molar-refractivity contribution in [3.63, 3.8) is 0 Å². The predicted octanol–water partition coefficient (Wildman–Crippen LogP) is 5.35. The van der Waals surface area contributed by atoms with Crippen molar-refractivity contribution in [3.8, 4) is 0 Å². The molecule has 0 saturated carbocycles. The van der Waals surface area contributed by atoms with Crippen LogP contribution in [0.15, 0.2) is 72.3 Å². The fourth-order valence-electron chi connectivity index (χ4n) is 3.09. The summed E-state index contributed by atoms with van der Waals surface area (Å²) in [5, 5.41) is 0.708. The lowest BCUT2D eigenvalue weighted by molar-refractivity contribution is 0.781. The van der Waals surface area contributed by atoms with Crippen molar-refractivity contribution in [1.29, 1.82) is 0 Å². The summed E-state index contributed by atoms with van der Waals surface area (Å²) in [6, 6.07) is 19.6. The Balaban J connectivity index is 1.61. The van der Waals surface area contributed by atoms with Gasteiger partial charge in [-0.05, 0) is 30.0 Å². The second kappa shape index (κ2) is 4.92. The molecule has 1 aliphatic carbocycles. The van der Waals surface area contributed by atoms with E-state index in [-0.39, 0.29) is 4.75 Å². The van der Waals surface area contributed by atoms with Gasteiger partial charge in [-0.25, -0.2) is 0 Å². The maximum Gasteiger partial charge on any atom is 0.0716 e. The Hall–Kier alpha value is -1.73. The zero-order valence-corrected chi connectivity index (χ0v) is 12.9. The van der Waals surface area contributed by atoms with E-state index in [4.69, 9.17) is 0 Å². The van der Waals surface area contributed by atoms with Crippen LogP contribution in [-0.2, 0) is 4.75 Å². The van der Waals surface area contributed by atoms with Gasteiger partial charge in [-0.3, -0.25) is 0 Å². The molecule has 1 heteroatoms. The molecule has 0 amide bonds. The molecule has 0 spiro atoms. The molecule has 0 N–H and O–H groups in total. The first kappa shape index (κ1) is 13.0. The number of hydrogen-bond acceptors (Lipinski definition) is 1. The largest absolute Gasteiger partial charge is 0.139 e. The smallest absolute Gasteiger partial charge is 0.0716 e. The summed E-state index contributed by atoms with van der Waals surface area (Å²) in [5.41, 5.74) is 5.53. The van der Waals surface area contributed by atoms with Crippen LogP contribution in [0.3, 0.4) is 0 Å². The maximum atomic E-state index is 2.41. The minimum atomic E-state index is 0.252. The molecule has 4 rings (SSSR count). The molecule has 0 radical (unpaired) electrons. The first-order chi connectivity index (χ1) is 10.3. The highest BCUT2D eigenvalue weighted by Crippen LogP contribution is 2.66. The molecular formula is C20H18S. The molecule has 2 atom stereocenters. The third-order valence-corrected chi connectivity index (χ3v) is 5.99. The monoisotopic (exact) mass is 290 g/mol. The molecule has 2 unspecified atom stereocenters. The normalized spacial score (nSPS) is 28.4. The van der Waals surface area contributed by atoms with Crippen LogP contribution >= 0.6 is 11.8 Å². The Kier molecular flexibility index (Phi) is 3.04. The van der Waals surface area contributed by atoms with E-state index < -0.39 is 0 Å². The van der Waals surface area contributed by atoms with Gasteiger partial charge in [-0.2, -0.15) is 0 Å². The standard InChI is InChI=1S/C20H18S/c1-15-7-9-18(10-8-15)20-12-11-17(14-19(20)21-20)13-16-5-3-2-4-6-16/h2-13,19H,14H2,1H3. The van der Waals surface area contributed by atoms with E-state index in [2.05, 4.69) is 91.5 Å². The van der Waals surface area contributed by atoms with Crippen LogP contribution in [0.5, 0.6) is 0 Å². The van der Waals surface area contributed by atoms with Crippen molar-refractivity contribution in [2.75, 3.05) is 0 Å². The van der Waals surface area contributed by atoms with Crippen LogP contribution in [-0.4, -0.2) is 5.25 Å². The van der Waals surface area contributed by atoms with E-state index in [1.54, 1.807) is 0 Å². The number of benzene rings is 2. The summed E-state index contributed by atoms with van der Waals surface area (Å²) in [5.74, 6) is 0. The number of fused-ring (bicyclic) bond motifs is 1. The second-order valence-electron chi connectivity index (χ2n) is 5.93. The van der Waals surface area contributed by atoms with Gasteiger partial charge >= 0.3 is 0 Å². The van der Waals surface area contributed by atoms with Gasteiger partial charge in [0.2, 0.25) is 0 Å². The number of thioether (sulfide) groups is 1. The zero-order chi connectivity index (χ0) is 14.3. The topological polar surface area (TPSA) is 0 Å². The number of aryl methyl sites for hydroxylation is 1. The number of rotatable bonds is 2. The predicted molar refractivity (Wildman–Crippen MR) is 92.4 cm³/mol. The lowest BCUT2D eigenvalue weighted by Crippen LogP contribution is -2.13. The maximum absolute atomic E-state index is 2.41. The summed E-state index contributed by atoms with van der Waals surface area (Å²) in [7, 11) is 0. The molecule has 1 saturated heterocycles. The molecule has 1 aliphatic heterocycles. The summed E-state index contributed by atoms with van der Waals surface area (Å²) < 4.78 is 0.252. The first-order valence-corrected chi connectivity index (χ1v) is 8.34. The molecule has 2 aromatic carbocycles. The van der Waals surface area contributed by atoms with Crippen molar-refractivity contribution in [1.82, 2.24) is 0 Å². The van der Waals surface area contributed by atoms with Crippen LogP contribution in [0.1, 0.15) is 23.1 Å². The molecule has 0 nitrogen and oxygen atoms in total. The van der Waals surface area contributed by atoms with E-state index in [0.29, 0.717) is 5.25 Å². The minimum absolute atomic E-state index is 0.252. The first-order valence-electron chi connectivity index (χ1n) is 7.46. The molecule has 2 aliphatic rings. The van der Waals surface area contributed by atoms with Gasteiger partial charge < -0.3 is 0 Å². The molecular weight excluding hydrogens is 272 g/mol. The van der Waals surface area contributed by atoms with Crippen molar-refractivity contribution in [2.24, 2.45) is 0 Å².